The Morgan fingerprint density at radius 2 is 1.57 bits per heavy atom. The number of piperazine rings is 1. The highest BCUT2D eigenvalue weighted by Gasteiger charge is 2.38. The molecule has 37 heavy (non-hydrogen) atoms. The second-order valence-corrected chi connectivity index (χ2v) is 9.27. The maximum Gasteiger partial charge on any atom is 0.416 e. The number of hydrogen-bond donors (Lipinski definition) is 1. The fraction of sp³-hybridized carbons (Fsp3) is 0.440. The van der Waals surface area contributed by atoms with E-state index in [9.17, 15) is 41.0 Å². The number of carboxylic acid groups (broad SMARTS) is 1. The molecule has 1 saturated heterocycles. The van der Waals surface area contributed by atoms with Crippen LogP contribution in [0.4, 0.5) is 35.9 Å². The maximum absolute atomic E-state index is 13.4. The molecule has 0 spiro atoms. The molecule has 202 valence electrons. The Morgan fingerprint density at radius 3 is 2.08 bits per heavy atom. The Balaban J connectivity index is 1.94. The predicted octanol–water partition coefficient (Wildman–Crippen LogP) is 6.44. The Morgan fingerprint density at radius 1 is 1.00 bits per heavy atom. The summed E-state index contributed by atoms with van der Waals surface area (Å²) in [6, 6.07) is 7.12. The van der Waals surface area contributed by atoms with Crippen LogP contribution in [0.2, 0.25) is 0 Å². The highest BCUT2D eigenvalue weighted by Crippen LogP contribution is 2.37. The third-order valence-corrected chi connectivity index (χ3v) is 6.27. The highest BCUT2D eigenvalue weighted by atomic mass is 19.4. The van der Waals surface area contributed by atoms with Gasteiger partial charge in [-0.1, -0.05) is 38.1 Å². The molecule has 0 aliphatic carbocycles. The summed E-state index contributed by atoms with van der Waals surface area (Å²) in [5.74, 6) is 0.0528. The van der Waals surface area contributed by atoms with E-state index in [4.69, 9.17) is 0 Å². The van der Waals surface area contributed by atoms with E-state index in [0.29, 0.717) is 12.1 Å². The molecule has 0 saturated carbocycles. The number of amides is 3. The number of urea groups is 1. The maximum atomic E-state index is 13.4. The van der Waals surface area contributed by atoms with Gasteiger partial charge in [-0.05, 0) is 40.8 Å². The first-order valence-corrected chi connectivity index (χ1v) is 11.5. The molecule has 6 nitrogen and oxygen atoms in total. The minimum atomic E-state index is -5.00. The third-order valence-electron chi connectivity index (χ3n) is 6.27. The molecule has 0 radical (unpaired) electrons. The molecular weight excluding hydrogens is 504 g/mol. The molecule has 1 fully saturated rings. The number of alkyl halides is 6. The summed E-state index contributed by atoms with van der Waals surface area (Å²) in [6.45, 7) is 3.37. The van der Waals surface area contributed by atoms with Gasteiger partial charge in [0.15, 0.2) is 0 Å². The van der Waals surface area contributed by atoms with Crippen LogP contribution < -0.4 is 0 Å². The molecule has 1 unspecified atom stereocenters. The Labute approximate surface area is 210 Å². The number of carbonyl (C=O) groups is 2. The van der Waals surface area contributed by atoms with Gasteiger partial charge in [0.1, 0.15) is 0 Å². The molecule has 2 aromatic carbocycles. The van der Waals surface area contributed by atoms with Crippen molar-refractivity contribution in [2.45, 2.75) is 44.7 Å². The lowest BCUT2D eigenvalue weighted by atomic mass is 9.91. The summed E-state index contributed by atoms with van der Waals surface area (Å²) >= 11 is 0. The number of hydrogen-bond acceptors (Lipinski definition) is 2. The molecule has 1 atom stereocenters. The highest BCUT2D eigenvalue weighted by molar-refractivity contribution is 5.76. The van der Waals surface area contributed by atoms with Gasteiger partial charge in [-0.3, -0.25) is 0 Å². The number of carbonyl (C=O) groups excluding carboxylic acids is 1. The Kier molecular flexibility index (Phi) is 7.99. The van der Waals surface area contributed by atoms with Crippen molar-refractivity contribution in [1.29, 1.82) is 0 Å². The molecule has 2 aromatic rings. The average Bonchev–Trinajstić information content (AvgIpc) is 2.81. The lowest BCUT2D eigenvalue weighted by molar-refractivity contribution is -0.143. The van der Waals surface area contributed by atoms with Crippen LogP contribution in [0.15, 0.2) is 42.5 Å². The zero-order valence-electron chi connectivity index (χ0n) is 20.4. The topological polar surface area (TPSA) is 64.1 Å². The van der Waals surface area contributed by atoms with Gasteiger partial charge in [0, 0.05) is 33.2 Å². The predicted molar refractivity (Wildman–Crippen MR) is 123 cm³/mol. The minimum absolute atomic E-state index is 0.00294. The third kappa shape index (κ3) is 6.47. The average molecular weight is 531 g/mol. The van der Waals surface area contributed by atoms with Crippen LogP contribution in [0.1, 0.15) is 53.6 Å². The van der Waals surface area contributed by atoms with Crippen molar-refractivity contribution < 1.29 is 41.0 Å². The normalized spacial score (nSPS) is 16.8. The lowest BCUT2D eigenvalue weighted by Crippen LogP contribution is -2.54. The Bertz CT molecular complexity index is 1120. The molecule has 1 aliphatic heterocycles. The van der Waals surface area contributed by atoms with Gasteiger partial charge in [0.2, 0.25) is 0 Å². The summed E-state index contributed by atoms with van der Waals surface area (Å²) in [5, 5.41) is 9.52. The van der Waals surface area contributed by atoms with E-state index in [1.807, 2.05) is 26.0 Å². The van der Waals surface area contributed by atoms with E-state index in [-0.39, 0.29) is 37.2 Å². The quantitative estimate of drug-likeness (QED) is 0.462. The molecule has 1 heterocycles. The van der Waals surface area contributed by atoms with Crippen LogP contribution in [0.25, 0.3) is 0 Å². The summed E-state index contributed by atoms with van der Waals surface area (Å²) in [4.78, 5) is 28.7. The second kappa shape index (κ2) is 10.5. The molecule has 3 rings (SSSR count). The van der Waals surface area contributed by atoms with E-state index in [1.54, 1.807) is 12.1 Å². The van der Waals surface area contributed by atoms with Crippen molar-refractivity contribution in [2.75, 3.05) is 26.7 Å². The van der Waals surface area contributed by atoms with Crippen LogP contribution in [0, 0.1) is 0 Å². The lowest BCUT2D eigenvalue weighted by Gasteiger charge is -2.43. The van der Waals surface area contributed by atoms with E-state index in [1.165, 1.54) is 16.8 Å². The van der Waals surface area contributed by atoms with Crippen molar-refractivity contribution in [1.82, 2.24) is 14.7 Å². The van der Waals surface area contributed by atoms with Gasteiger partial charge in [-0.2, -0.15) is 26.3 Å². The molecule has 1 aliphatic rings. The van der Waals surface area contributed by atoms with Gasteiger partial charge in [0.25, 0.3) is 0 Å². The van der Waals surface area contributed by atoms with Crippen LogP contribution >= 0.6 is 0 Å². The van der Waals surface area contributed by atoms with E-state index in [0.717, 1.165) is 16.0 Å². The molecular formula is C25H27F6N3O3. The molecule has 1 N–H and O–H groups in total. The van der Waals surface area contributed by atoms with Gasteiger partial charge in [-0.15, -0.1) is 0 Å². The van der Waals surface area contributed by atoms with E-state index >= 15 is 0 Å². The summed E-state index contributed by atoms with van der Waals surface area (Å²) in [7, 11) is 1.28. The number of nitrogens with zero attached hydrogens (tertiary/aromatic N) is 3. The zero-order chi connectivity index (χ0) is 27.7. The second-order valence-electron chi connectivity index (χ2n) is 9.27. The fourth-order valence-corrected chi connectivity index (χ4v) is 4.46. The van der Waals surface area contributed by atoms with Gasteiger partial charge >= 0.3 is 24.5 Å². The van der Waals surface area contributed by atoms with Crippen LogP contribution in [-0.4, -0.2) is 58.6 Å². The first kappa shape index (κ1) is 28.1. The van der Waals surface area contributed by atoms with Gasteiger partial charge in [0.05, 0.1) is 17.2 Å². The zero-order valence-corrected chi connectivity index (χ0v) is 20.4. The smallest absolute Gasteiger partial charge is 0.416 e. The fourth-order valence-electron chi connectivity index (χ4n) is 4.46. The number of benzene rings is 2. The Hall–Kier alpha value is -3.44. The van der Waals surface area contributed by atoms with Crippen LogP contribution in [0.5, 0.6) is 0 Å². The molecule has 12 heteroatoms. The van der Waals surface area contributed by atoms with Crippen molar-refractivity contribution in [2.24, 2.45) is 0 Å². The van der Waals surface area contributed by atoms with Crippen molar-refractivity contribution in [3.63, 3.8) is 0 Å². The van der Waals surface area contributed by atoms with Gasteiger partial charge < -0.3 is 19.8 Å². The standard InChI is InChI=1S/C25H27F6N3O3/c1-15(2)19-6-4-5-7-20(19)21-14-33(23(36)37)8-9-34(21)22(35)32(3)13-16-10-17(24(26,27)28)12-18(11-16)25(29,30)31/h4-7,10-12,15,21H,8-9,13-14H2,1-3H3,(H,36,37). The first-order valence-electron chi connectivity index (χ1n) is 11.5. The van der Waals surface area contributed by atoms with Crippen LogP contribution in [0.3, 0.4) is 0 Å². The monoisotopic (exact) mass is 531 g/mol. The molecule has 0 bridgehead atoms. The van der Waals surface area contributed by atoms with Crippen molar-refractivity contribution in [3.8, 4) is 0 Å². The van der Waals surface area contributed by atoms with Crippen molar-refractivity contribution in [3.05, 3.63) is 70.3 Å². The number of halogens is 6. The van der Waals surface area contributed by atoms with Crippen molar-refractivity contribution >= 4 is 12.1 Å². The van der Waals surface area contributed by atoms with Gasteiger partial charge in [-0.25, -0.2) is 9.59 Å². The first-order chi connectivity index (χ1) is 17.1. The molecule has 0 aromatic heterocycles. The largest absolute Gasteiger partial charge is 0.465 e. The summed E-state index contributed by atoms with van der Waals surface area (Å²) < 4.78 is 79.5. The van der Waals surface area contributed by atoms with Crippen LogP contribution in [-0.2, 0) is 18.9 Å². The molecule has 3 amide bonds. The number of rotatable bonds is 4. The minimum Gasteiger partial charge on any atom is -0.465 e. The summed E-state index contributed by atoms with van der Waals surface area (Å²) in [5.41, 5.74) is -1.63. The SMILES string of the molecule is CC(C)c1ccccc1C1CN(C(=O)O)CCN1C(=O)N(C)Cc1cc(C(F)(F)F)cc(C(F)(F)F)c1. The van der Waals surface area contributed by atoms with E-state index in [2.05, 4.69) is 0 Å². The van der Waals surface area contributed by atoms with E-state index < -0.39 is 48.2 Å². The summed E-state index contributed by atoms with van der Waals surface area (Å²) in [6.07, 6.45) is -11.2.